The molecule has 1 aliphatic carbocycles. The van der Waals surface area contributed by atoms with Crippen molar-refractivity contribution in [1.29, 1.82) is 0 Å². The van der Waals surface area contributed by atoms with Gasteiger partial charge in [0.15, 0.2) is 5.13 Å². The highest BCUT2D eigenvalue weighted by molar-refractivity contribution is 7.21. The average molecular weight is 249 g/mol. The molecule has 0 radical (unpaired) electrons. The third-order valence-electron chi connectivity index (χ3n) is 2.75. The monoisotopic (exact) mass is 249 g/mol. The molecule has 0 saturated carbocycles. The molecule has 0 unspecified atom stereocenters. The van der Waals surface area contributed by atoms with E-state index in [-0.39, 0.29) is 0 Å². The Morgan fingerprint density at radius 1 is 1.31 bits per heavy atom. The second-order valence-electron chi connectivity index (χ2n) is 3.66. The highest BCUT2D eigenvalue weighted by Crippen LogP contribution is 2.41. The van der Waals surface area contributed by atoms with E-state index in [1.54, 1.807) is 29.0 Å². The van der Waals surface area contributed by atoms with Crippen molar-refractivity contribution in [1.82, 2.24) is 19.6 Å². The van der Waals surface area contributed by atoms with Crippen LogP contribution in [0.1, 0.15) is 10.6 Å². The SMILES string of the molecule is Nc1nc2c(s1)CCc1c-2sc2ncnn12. The second-order valence-corrected chi connectivity index (χ2v) is 5.75. The minimum Gasteiger partial charge on any atom is -0.375 e. The lowest BCUT2D eigenvalue weighted by atomic mass is 10.1. The van der Waals surface area contributed by atoms with Gasteiger partial charge in [0.05, 0.1) is 16.3 Å². The van der Waals surface area contributed by atoms with E-state index in [4.69, 9.17) is 5.73 Å². The number of thiazole rings is 2. The summed E-state index contributed by atoms with van der Waals surface area (Å²) in [6, 6.07) is 0. The van der Waals surface area contributed by atoms with Gasteiger partial charge in [-0.05, 0) is 12.8 Å². The summed E-state index contributed by atoms with van der Waals surface area (Å²) in [5.74, 6) is 0. The Balaban J connectivity index is 2.09. The van der Waals surface area contributed by atoms with Crippen molar-refractivity contribution >= 4 is 32.8 Å². The number of anilines is 1. The third kappa shape index (κ3) is 0.966. The molecule has 0 amide bonds. The molecule has 0 fully saturated rings. The quantitative estimate of drug-likeness (QED) is 0.657. The summed E-state index contributed by atoms with van der Waals surface area (Å²) in [6.07, 6.45) is 3.59. The van der Waals surface area contributed by atoms with E-state index in [9.17, 15) is 0 Å². The Kier molecular flexibility index (Phi) is 1.52. The summed E-state index contributed by atoms with van der Waals surface area (Å²) in [5.41, 5.74) is 8.02. The van der Waals surface area contributed by atoms with Crippen molar-refractivity contribution in [2.45, 2.75) is 12.8 Å². The third-order valence-corrected chi connectivity index (χ3v) is 4.78. The standard InChI is InChI=1S/C9H7N5S2/c10-8-13-6-5(15-8)2-1-4-7(6)16-9-11-3-12-14(4)9/h3H,1-2H2,(H2,10,13). The number of aromatic nitrogens is 4. The number of nitrogens with zero attached hydrogens (tertiary/aromatic N) is 4. The second kappa shape index (κ2) is 2.80. The molecule has 2 N–H and O–H groups in total. The Morgan fingerprint density at radius 3 is 3.19 bits per heavy atom. The van der Waals surface area contributed by atoms with Gasteiger partial charge in [-0.3, -0.25) is 0 Å². The highest BCUT2D eigenvalue weighted by atomic mass is 32.1. The molecule has 4 rings (SSSR count). The van der Waals surface area contributed by atoms with Crippen LogP contribution < -0.4 is 5.73 Å². The molecular formula is C9H7N5S2. The maximum Gasteiger partial charge on any atom is 0.212 e. The van der Waals surface area contributed by atoms with Crippen LogP contribution in [0.15, 0.2) is 6.33 Å². The van der Waals surface area contributed by atoms with Gasteiger partial charge < -0.3 is 5.73 Å². The summed E-state index contributed by atoms with van der Waals surface area (Å²) in [6.45, 7) is 0. The zero-order valence-electron chi connectivity index (χ0n) is 8.17. The highest BCUT2D eigenvalue weighted by Gasteiger charge is 2.25. The molecule has 0 aliphatic heterocycles. The Labute approximate surface area is 98.6 Å². The normalized spacial score (nSPS) is 14.0. The molecule has 1 aliphatic rings. The Bertz CT molecular complexity index is 692. The molecule has 0 aromatic carbocycles. The van der Waals surface area contributed by atoms with Crippen LogP contribution in [0.4, 0.5) is 5.13 Å². The molecule has 7 heteroatoms. The van der Waals surface area contributed by atoms with E-state index in [2.05, 4.69) is 15.1 Å². The Morgan fingerprint density at radius 2 is 2.25 bits per heavy atom. The van der Waals surface area contributed by atoms with E-state index in [1.165, 1.54) is 15.4 Å². The van der Waals surface area contributed by atoms with Gasteiger partial charge in [-0.25, -0.2) is 14.5 Å². The van der Waals surface area contributed by atoms with Crippen molar-refractivity contribution in [3.63, 3.8) is 0 Å². The van der Waals surface area contributed by atoms with E-state index >= 15 is 0 Å². The number of hydrogen-bond donors (Lipinski definition) is 1. The Hall–Kier alpha value is -1.47. The van der Waals surface area contributed by atoms with Crippen molar-refractivity contribution in [2.24, 2.45) is 0 Å². The molecular weight excluding hydrogens is 242 g/mol. The van der Waals surface area contributed by atoms with Gasteiger partial charge in [-0.15, -0.1) is 11.3 Å². The molecule has 80 valence electrons. The van der Waals surface area contributed by atoms with E-state index in [0.29, 0.717) is 5.13 Å². The number of aryl methyl sites for hydroxylation is 2. The minimum absolute atomic E-state index is 0.650. The van der Waals surface area contributed by atoms with E-state index in [0.717, 1.165) is 23.5 Å². The summed E-state index contributed by atoms with van der Waals surface area (Å²) >= 11 is 3.23. The molecule has 3 aromatic rings. The van der Waals surface area contributed by atoms with Gasteiger partial charge in [-0.2, -0.15) is 5.10 Å². The van der Waals surface area contributed by atoms with Gasteiger partial charge in [0.1, 0.15) is 6.33 Å². The first kappa shape index (κ1) is 8.66. The lowest BCUT2D eigenvalue weighted by molar-refractivity contribution is 0.830. The fourth-order valence-electron chi connectivity index (χ4n) is 2.09. The largest absolute Gasteiger partial charge is 0.375 e. The molecule has 3 aromatic heterocycles. The summed E-state index contributed by atoms with van der Waals surface area (Å²) in [4.78, 5) is 12.0. The summed E-state index contributed by atoms with van der Waals surface area (Å²) in [5, 5.41) is 4.88. The van der Waals surface area contributed by atoms with Crippen LogP contribution in [0.25, 0.3) is 15.5 Å². The predicted molar refractivity (Wildman–Crippen MR) is 63.8 cm³/mol. The van der Waals surface area contributed by atoms with Gasteiger partial charge in [0, 0.05) is 4.88 Å². The molecule has 5 nitrogen and oxygen atoms in total. The summed E-state index contributed by atoms with van der Waals surface area (Å²) < 4.78 is 1.92. The molecule has 3 heterocycles. The first-order valence-electron chi connectivity index (χ1n) is 4.90. The smallest absolute Gasteiger partial charge is 0.212 e. The average Bonchev–Trinajstić information content (AvgIpc) is 2.87. The van der Waals surface area contributed by atoms with Crippen molar-refractivity contribution in [2.75, 3.05) is 5.73 Å². The van der Waals surface area contributed by atoms with Crippen LogP contribution >= 0.6 is 22.7 Å². The molecule has 16 heavy (non-hydrogen) atoms. The number of hydrogen-bond acceptors (Lipinski definition) is 6. The maximum absolute atomic E-state index is 5.76. The van der Waals surface area contributed by atoms with Gasteiger partial charge in [0.2, 0.25) is 4.96 Å². The zero-order valence-corrected chi connectivity index (χ0v) is 9.81. The predicted octanol–water partition coefficient (Wildman–Crippen LogP) is 1.60. The number of rotatable bonds is 0. The van der Waals surface area contributed by atoms with Crippen molar-refractivity contribution < 1.29 is 0 Å². The summed E-state index contributed by atoms with van der Waals surface area (Å²) in [7, 11) is 0. The van der Waals surface area contributed by atoms with Gasteiger partial charge in [-0.1, -0.05) is 11.3 Å². The molecule has 0 saturated heterocycles. The van der Waals surface area contributed by atoms with Crippen LogP contribution in [0.3, 0.4) is 0 Å². The van der Waals surface area contributed by atoms with E-state index in [1.807, 2.05) is 4.52 Å². The van der Waals surface area contributed by atoms with Crippen LogP contribution in [-0.2, 0) is 12.8 Å². The first-order valence-corrected chi connectivity index (χ1v) is 6.53. The van der Waals surface area contributed by atoms with Crippen LogP contribution in [0, 0.1) is 0 Å². The molecule has 0 atom stereocenters. The molecule has 0 bridgehead atoms. The van der Waals surface area contributed by atoms with Crippen LogP contribution in [0.2, 0.25) is 0 Å². The van der Waals surface area contributed by atoms with Crippen molar-refractivity contribution in [3.05, 3.63) is 16.9 Å². The van der Waals surface area contributed by atoms with Gasteiger partial charge >= 0.3 is 0 Å². The van der Waals surface area contributed by atoms with Gasteiger partial charge in [0.25, 0.3) is 0 Å². The topological polar surface area (TPSA) is 69.1 Å². The number of nitrogens with two attached hydrogens (primary N) is 1. The minimum atomic E-state index is 0.650. The van der Waals surface area contributed by atoms with Crippen LogP contribution in [-0.4, -0.2) is 19.6 Å². The fraction of sp³-hybridized carbons (Fsp3) is 0.222. The van der Waals surface area contributed by atoms with Crippen molar-refractivity contribution in [3.8, 4) is 10.6 Å². The lowest BCUT2D eigenvalue weighted by Crippen LogP contribution is -2.03. The number of fused-ring (bicyclic) bond motifs is 5. The molecule has 0 spiro atoms. The fourth-order valence-corrected chi connectivity index (χ4v) is 4.09. The van der Waals surface area contributed by atoms with E-state index < -0.39 is 0 Å². The lowest BCUT2D eigenvalue weighted by Gasteiger charge is -2.08. The maximum atomic E-state index is 5.76. The number of nitrogen functional groups attached to an aromatic ring is 1. The van der Waals surface area contributed by atoms with Crippen LogP contribution in [0.5, 0.6) is 0 Å². The zero-order chi connectivity index (χ0) is 10.7. The first-order chi connectivity index (χ1) is 7.83.